The van der Waals surface area contributed by atoms with Crippen molar-refractivity contribution < 1.29 is 4.42 Å². The molecule has 1 aliphatic carbocycles. The lowest BCUT2D eigenvalue weighted by atomic mass is 9.81. The summed E-state index contributed by atoms with van der Waals surface area (Å²) in [7, 11) is 0. The topological polar surface area (TPSA) is 35.9 Å². The first-order valence-corrected chi connectivity index (χ1v) is 21.4. The number of fused-ring (bicyclic) bond motifs is 11. The summed E-state index contributed by atoms with van der Waals surface area (Å²) in [5.74, 6) is 0.862. The van der Waals surface area contributed by atoms with Gasteiger partial charge >= 0.3 is 0 Å². The van der Waals surface area contributed by atoms with Gasteiger partial charge in [-0.25, -0.2) is 4.98 Å². The number of para-hydroxylation sites is 4. The largest absolute Gasteiger partial charge is 0.454 e. The highest BCUT2D eigenvalue weighted by Gasteiger charge is 2.38. The van der Waals surface area contributed by atoms with Crippen molar-refractivity contribution in [1.82, 2.24) is 14.1 Å². The maximum absolute atomic E-state index is 7.30. The average Bonchev–Trinajstić information content (AvgIpc) is 4.06. The quantitative estimate of drug-likeness (QED) is 0.174. The molecular formula is C58H39N3O. The summed E-state index contributed by atoms with van der Waals surface area (Å²) < 4.78 is 12.1. The van der Waals surface area contributed by atoms with Crippen LogP contribution in [-0.4, -0.2) is 14.1 Å². The van der Waals surface area contributed by atoms with Gasteiger partial charge in [0.2, 0.25) is 0 Å². The molecule has 0 amide bonds. The highest BCUT2D eigenvalue weighted by atomic mass is 16.3. The van der Waals surface area contributed by atoms with Gasteiger partial charge in [0.05, 0.1) is 27.8 Å². The number of aromatic nitrogens is 3. The predicted octanol–water partition coefficient (Wildman–Crippen LogP) is 15.3. The number of hydrogen-bond donors (Lipinski definition) is 0. The molecule has 13 rings (SSSR count). The SMILES string of the molecule is CC1(C)c2ccccc2-c2ccc3c4ccccc4n(-c4cccc5c4oc4cc(-c6ccccc6)cc(-c6nc7ccccc7n6-c6cccc(-c7ccccc7)c6)c45)c3c21. The molecule has 4 nitrogen and oxygen atoms in total. The maximum atomic E-state index is 7.30. The molecule has 12 aromatic rings. The molecule has 0 saturated heterocycles. The van der Waals surface area contributed by atoms with E-state index in [1.165, 1.54) is 44.1 Å². The minimum atomic E-state index is -0.214. The Morgan fingerprint density at radius 2 is 1.15 bits per heavy atom. The molecule has 292 valence electrons. The zero-order valence-electron chi connectivity index (χ0n) is 34.3. The first-order chi connectivity index (χ1) is 30.5. The van der Waals surface area contributed by atoms with Crippen LogP contribution >= 0.6 is 0 Å². The summed E-state index contributed by atoms with van der Waals surface area (Å²) in [6.07, 6.45) is 0. The second kappa shape index (κ2) is 13.0. The van der Waals surface area contributed by atoms with E-state index in [9.17, 15) is 0 Å². The molecule has 4 heteroatoms. The van der Waals surface area contributed by atoms with Crippen LogP contribution in [0, 0.1) is 0 Å². The van der Waals surface area contributed by atoms with Gasteiger partial charge in [0.25, 0.3) is 0 Å². The highest BCUT2D eigenvalue weighted by Crippen LogP contribution is 2.53. The molecule has 0 fully saturated rings. The monoisotopic (exact) mass is 793 g/mol. The van der Waals surface area contributed by atoms with Gasteiger partial charge < -0.3 is 8.98 Å². The molecule has 0 saturated carbocycles. The van der Waals surface area contributed by atoms with Crippen LogP contribution in [0.15, 0.2) is 205 Å². The van der Waals surface area contributed by atoms with Crippen LogP contribution in [0.25, 0.3) is 111 Å². The first kappa shape index (κ1) is 34.9. The summed E-state index contributed by atoms with van der Waals surface area (Å²) in [5, 5.41) is 4.55. The van der Waals surface area contributed by atoms with Crippen molar-refractivity contribution in [3.63, 3.8) is 0 Å². The second-order valence-corrected chi connectivity index (χ2v) is 17.1. The fourth-order valence-corrected chi connectivity index (χ4v) is 10.5. The summed E-state index contributed by atoms with van der Waals surface area (Å²) >= 11 is 0. The molecule has 3 aromatic heterocycles. The molecule has 0 spiro atoms. The van der Waals surface area contributed by atoms with Crippen LogP contribution < -0.4 is 0 Å². The van der Waals surface area contributed by atoms with Gasteiger partial charge in [-0.2, -0.15) is 0 Å². The van der Waals surface area contributed by atoms with Gasteiger partial charge in [-0.05, 0) is 93.0 Å². The lowest BCUT2D eigenvalue weighted by molar-refractivity contribution is 0.660. The van der Waals surface area contributed by atoms with Gasteiger partial charge in [-0.3, -0.25) is 4.57 Å². The van der Waals surface area contributed by atoms with E-state index >= 15 is 0 Å². The molecule has 0 N–H and O–H groups in total. The van der Waals surface area contributed by atoms with E-state index in [2.05, 4.69) is 223 Å². The number of imidazole rings is 1. The smallest absolute Gasteiger partial charge is 0.159 e. The fourth-order valence-electron chi connectivity index (χ4n) is 10.5. The summed E-state index contributed by atoms with van der Waals surface area (Å²) in [6.45, 7) is 4.75. The summed E-state index contributed by atoms with van der Waals surface area (Å²) in [4.78, 5) is 5.48. The van der Waals surface area contributed by atoms with Gasteiger partial charge in [-0.15, -0.1) is 0 Å². The van der Waals surface area contributed by atoms with Crippen LogP contribution in [0.2, 0.25) is 0 Å². The van der Waals surface area contributed by atoms with Crippen LogP contribution in [-0.2, 0) is 5.41 Å². The van der Waals surface area contributed by atoms with Gasteiger partial charge in [-0.1, -0.05) is 166 Å². The fraction of sp³-hybridized carbons (Fsp3) is 0.0517. The maximum Gasteiger partial charge on any atom is 0.159 e. The van der Waals surface area contributed by atoms with E-state index < -0.39 is 0 Å². The van der Waals surface area contributed by atoms with E-state index in [-0.39, 0.29) is 5.41 Å². The molecule has 0 unspecified atom stereocenters. The Labute approximate surface area is 358 Å². The van der Waals surface area contributed by atoms with E-state index in [4.69, 9.17) is 9.40 Å². The van der Waals surface area contributed by atoms with Crippen molar-refractivity contribution in [1.29, 1.82) is 0 Å². The van der Waals surface area contributed by atoms with Crippen LogP contribution in [0.5, 0.6) is 0 Å². The summed E-state index contributed by atoms with van der Waals surface area (Å²) in [6, 6.07) is 72.0. The van der Waals surface area contributed by atoms with Crippen LogP contribution in [0.1, 0.15) is 25.0 Å². The molecule has 0 atom stereocenters. The Hall–Kier alpha value is -7.95. The zero-order chi connectivity index (χ0) is 41.1. The Kier molecular flexibility index (Phi) is 7.32. The predicted molar refractivity (Wildman–Crippen MR) is 257 cm³/mol. The van der Waals surface area contributed by atoms with Crippen molar-refractivity contribution in [2.45, 2.75) is 19.3 Å². The first-order valence-electron chi connectivity index (χ1n) is 21.4. The Balaban J connectivity index is 1.13. The van der Waals surface area contributed by atoms with Crippen molar-refractivity contribution in [2.24, 2.45) is 0 Å². The highest BCUT2D eigenvalue weighted by molar-refractivity contribution is 6.18. The van der Waals surface area contributed by atoms with E-state index in [1.807, 2.05) is 0 Å². The standard InChI is InChI=1S/C58H39N3O/c1-58(2)47-26-11-9-23-41(47)43-31-32-44-42-24-10-13-28-49(42)61(55(44)54(43)58)51-30-16-25-45-53-46(34-39(35-52(53)62-56(45)51)37-19-7-4-8-20-37)57-59-48-27-12-14-29-50(48)60(57)40-22-15-21-38(33-40)36-17-5-3-6-18-36/h3-35H,1-2H3. The van der Waals surface area contributed by atoms with Gasteiger partial charge in [0.15, 0.2) is 5.58 Å². The Morgan fingerprint density at radius 3 is 1.98 bits per heavy atom. The molecule has 62 heavy (non-hydrogen) atoms. The third-order valence-corrected chi connectivity index (χ3v) is 13.3. The van der Waals surface area contributed by atoms with E-state index in [1.54, 1.807) is 0 Å². The number of hydrogen-bond acceptors (Lipinski definition) is 2. The zero-order valence-corrected chi connectivity index (χ0v) is 34.3. The average molecular weight is 794 g/mol. The van der Waals surface area contributed by atoms with Crippen molar-refractivity contribution in [3.8, 4) is 56.1 Å². The minimum absolute atomic E-state index is 0.214. The number of rotatable bonds is 5. The third-order valence-electron chi connectivity index (χ3n) is 13.3. The molecular weight excluding hydrogens is 755 g/mol. The normalized spacial score (nSPS) is 13.1. The minimum Gasteiger partial charge on any atom is -0.454 e. The molecule has 0 bridgehead atoms. The molecule has 0 radical (unpaired) electrons. The third kappa shape index (κ3) is 4.92. The molecule has 1 aliphatic rings. The van der Waals surface area contributed by atoms with Gasteiger partial charge in [0, 0.05) is 38.2 Å². The molecule has 9 aromatic carbocycles. The van der Waals surface area contributed by atoms with Crippen molar-refractivity contribution >= 4 is 54.8 Å². The van der Waals surface area contributed by atoms with E-state index in [0.717, 1.165) is 77.9 Å². The summed E-state index contributed by atoms with van der Waals surface area (Å²) in [5.41, 5.74) is 18.7. The molecule has 0 aliphatic heterocycles. The molecule has 3 heterocycles. The van der Waals surface area contributed by atoms with Crippen LogP contribution in [0.3, 0.4) is 0 Å². The number of furan rings is 1. The number of nitrogens with zero attached hydrogens (tertiary/aromatic N) is 3. The van der Waals surface area contributed by atoms with Crippen molar-refractivity contribution in [2.75, 3.05) is 0 Å². The lowest BCUT2D eigenvalue weighted by Gasteiger charge is -2.23. The van der Waals surface area contributed by atoms with Gasteiger partial charge in [0.1, 0.15) is 11.4 Å². The Bertz CT molecular complexity index is 3770. The number of benzene rings is 9. The van der Waals surface area contributed by atoms with Crippen LogP contribution in [0.4, 0.5) is 0 Å². The van der Waals surface area contributed by atoms with E-state index in [0.29, 0.717) is 0 Å². The second-order valence-electron chi connectivity index (χ2n) is 17.1. The Morgan fingerprint density at radius 1 is 0.468 bits per heavy atom. The lowest BCUT2D eigenvalue weighted by Crippen LogP contribution is -2.16. The van der Waals surface area contributed by atoms with Crippen molar-refractivity contribution in [3.05, 3.63) is 211 Å².